The van der Waals surface area contributed by atoms with Crippen LogP contribution in [0.1, 0.15) is 76.6 Å². The van der Waals surface area contributed by atoms with E-state index < -0.39 is 0 Å². The molecule has 3 aromatic carbocycles. The number of aromatic hydroxyl groups is 1. The third-order valence-corrected chi connectivity index (χ3v) is 8.36. The first-order valence-electron chi connectivity index (χ1n) is 14.1. The fourth-order valence-electron chi connectivity index (χ4n) is 6.02. The number of phenolic OH excluding ortho intramolecular Hbond substituents is 1. The molecule has 202 valence electrons. The van der Waals surface area contributed by atoms with Gasteiger partial charge in [0.05, 0.1) is 17.1 Å². The number of para-hydroxylation sites is 1. The maximum Gasteiger partial charge on any atom is 0.141 e. The molecule has 4 nitrogen and oxygen atoms in total. The predicted octanol–water partition coefficient (Wildman–Crippen LogP) is 9.53. The molecule has 2 aromatic heterocycles. The Balaban J connectivity index is 1.57. The number of pyridine rings is 2. The summed E-state index contributed by atoms with van der Waals surface area (Å²) < 4.78 is 0. The summed E-state index contributed by atoms with van der Waals surface area (Å²) in [6, 6.07) is 27.5. The summed E-state index contributed by atoms with van der Waals surface area (Å²) in [5, 5.41) is 11.7. The Morgan fingerprint density at radius 2 is 1.57 bits per heavy atom. The fraction of sp³-hybridized carbons (Fsp3) is 0.278. The van der Waals surface area contributed by atoms with Crippen LogP contribution < -0.4 is 4.90 Å². The van der Waals surface area contributed by atoms with Gasteiger partial charge in [-0.2, -0.15) is 0 Å². The van der Waals surface area contributed by atoms with Crippen LogP contribution in [-0.4, -0.2) is 15.1 Å². The van der Waals surface area contributed by atoms with Crippen molar-refractivity contribution in [2.75, 3.05) is 4.90 Å². The van der Waals surface area contributed by atoms with Crippen molar-refractivity contribution in [2.24, 2.45) is 0 Å². The van der Waals surface area contributed by atoms with Gasteiger partial charge in [0.1, 0.15) is 17.1 Å². The van der Waals surface area contributed by atoms with Gasteiger partial charge in [0.25, 0.3) is 0 Å². The molecule has 0 spiro atoms. The number of benzene rings is 3. The number of fused-ring (bicyclic) bond motifs is 3. The first-order chi connectivity index (χ1) is 19.0. The summed E-state index contributed by atoms with van der Waals surface area (Å²) in [6.45, 7) is 15.6. The molecule has 1 aliphatic heterocycles. The SMILES string of the molecule is CC(C)c1ccc(O)c2nc(-c3ccc4c(c3)N(c3cc(C(C)(C)C)ccn3)c3ccccc3C4(C)C)ccc12. The molecular weight excluding hydrogens is 490 g/mol. The summed E-state index contributed by atoms with van der Waals surface area (Å²) in [6.07, 6.45) is 1.92. The zero-order valence-electron chi connectivity index (χ0n) is 24.4. The molecule has 0 unspecified atom stereocenters. The van der Waals surface area contributed by atoms with E-state index in [0.29, 0.717) is 11.4 Å². The van der Waals surface area contributed by atoms with Gasteiger partial charge in [0.15, 0.2) is 0 Å². The third kappa shape index (κ3) is 4.14. The van der Waals surface area contributed by atoms with Gasteiger partial charge in [-0.1, -0.05) is 90.9 Å². The highest BCUT2D eigenvalue weighted by Gasteiger charge is 2.37. The summed E-state index contributed by atoms with van der Waals surface area (Å²) in [5.41, 5.74) is 9.47. The van der Waals surface area contributed by atoms with Gasteiger partial charge in [-0.25, -0.2) is 9.97 Å². The van der Waals surface area contributed by atoms with Crippen LogP contribution in [0.3, 0.4) is 0 Å². The van der Waals surface area contributed by atoms with E-state index in [0.717, 1.165) is 33.8 Å². The lowest BCUT2D eigenvalue weighted by Gasteiger charge is -2.42. The first-order valence-corrected chi connectivity index (χ1v) is 14.1. The second-order valence-electron chi connectivity index (χ2n) is 12.8. The van der Waals surface area contributed by atoms with Crippen molar-refractivity contribution in [3.05, 3.63) is 107 Å². The minimum Gasteiger partial charge on any atom is -0.506 e. The van der Waals surface area contributed by atoms with E-state index in [1.807, 2.05) is 12.3 Å². The summed E-state index contributed by atoms with van der Waals surface area (Å²) in [4.78, 5) is 12.2. The van der Waals surface area contributed by atoms with Gasteiger partial charge in [-0.15, -0.1) is 0 Å². The van der Waals surface area contributed by atoms with E-state index in [1.165, 1.54) is 22.3 Å². The monoisotopic (exact) mass is 527 g/mol. The van der Waals surface area contributed by atoms with Crippen molar-refractivity contribution in [2.45, 2.75) is 65.2 Å². The number of hydrogen-bond donors (Lipinski definition) is 1. The Morgan fingerprint density at radius 1 is 0.825 bits per heavy atom. The molecule has 1 aliphatic rings. The van der Waals surface area contributed by atoms with Crippen molar-refractivity contribution in [1.82, 2.24) is 9.97 Å². The lowest BCUT2D eigenvalue weighted by molar-refractivity contribution is 0.480. The molecule has 0 fully saturated rings. The van der Waals surface area contributed by atoms with Gasteiger partial charge in [-0.05, 0) is 70.0 Å². The van der Waals surface area contributed by atoms with Gasteiger partial charge in [0.2, 0.25) is 0 Å². The molecule has 5 aromatic rings. The van der Waals surface area contributed by atoms with Gasteiger partial charge < -0.3 is 5.11 Å². The Hall–Kier alpha value is -4.18. The number of rotatable bonds is 3. The molecule has 40 heavy (non-hydrogen) atoms. The largest absolute Gasteiger partial charge is 0.506 e. The highest BCUT2D eigenvalue weighted by atomic mass is 16.3. The minimum absolute atomic E-state index is 0.00278. The van der Waals surface area contributed by atoms with E-state index >= 15 is 0 Å². The van der Waals surface area contributed by atoms with Crippen LogP contribution in [0.4, 0.5) is 17.2 Å². The van der Waals surface area contributed by atoms with Gasteiger partial charge >= 0.3 is 0 Å². The third-order valence-electron chi connectivity index (χ3n) is 8.36. The van der Waals surface area contributed by atoms with Crippen LogP contribution >= 0.6 is 0 Å². The Bertz CT molecular complexity index is 1760. The Labute approximate surface area is 237 Å². The summed E-state index contributed by atoms with van der Waals surface area (Å²) >= 11 is 0. The number of hydrogen-bond acceptors (Lipinski definition) is 4. The Morgan fingerprint density at radius 3 is 2.33 bits per heavy atom. The van der Waals surface area contributed by atoms with Crippen LogP contribution in [0, 0.1) is 0 Å². The van der Waals surface area contributed by atoms with E-state index in [-0.39, 0.29) is 16.6 Å². The molecule has 1 N–H and O–H groups in total. The molecule has 0 saturated heterocycles. The molecule has 3 heterocycles. The van der Waals surface area contributed by atoms with Crippen LogP contribution in [0.15, 0.2) is 85.1 Å². The van der Waals surface area contributed by atoms with Crippen molar-refractivity contribution < 1.29 is 5.11 Å². The van der Waals surface area contributed by atoms with Crippen molar-refractivity contribution in [3.8, 4) is 17.0 Å². The molecule has 4 heteroatoms. The molecule has 0 saturated carbocycles. The standard InChI is InChI=1S/C36H37N3O/c1-22(2)25-14-17-32(40)34-26(25)13-16-29(38-34)23-12-15-28-31(20-23)39(30-11-9-8-10-27(30)36(28,6)7)33-21-24(18-19-37-33)35(3,4)5/h8-22,40H,1-7H3. The van der Waals surface area contributed by atoms with Crippen molar-refractivity contribution in [1.29, 1.82) is 0 Å². The van der Waals surface area contributed by atoms with Crippen LogP contribution in [0.2, 0.25) is 0 Å². The molecule has 0 aliphatic carbocycles. The number of anilines is 3. The molecule has 6 rings (SSSR count). The smallest absolute Gasteiger partial charge is 0.141 e. The topological polar surface area (TPSA) is 49.3 Å². The first kappa shape index (κ1) is 26.1. The average Bonchev–Trinajstić information content (AvgIpc) is 2.92. The van der Waals surface area contributed by atoms with E-state index in [4.69, 9.17) is 9.97 Å². The van der Waals surface area contributed by atoms with E-state index in [1.54, 1.807) is 6.07 Å². The molecule has 0 amide bonds. The van der Waals surface area contributed by atoms with Crippen molar-refractivity contribution in [3.63, 3.8) is 0 Å². The highest BCUT2D eigenvalue weighted by Crippen LogP contribution is 2.52. The minimum atomic E-state index is -0.191. The van der Waals surface area contributed by atoms with E-state index in [9.17, 15) is 5.11 Å². The van der Waals surface area contributed by atoms with Gasteiger partial charge in [-0.3, -0.25) is 4.90 Å². The second kappa shape index (κ2) is 9.19. The molecule has 0 radical (unpaired) electrons. The average molecular weight is 528 g/mol. The number of aromatic nitrogens is 2. The fourth-order valence-corrected chi connectivity index (χ4v) is 6.02. The summed E-state index contributed by atoms with van der Waals surface area (Å²) in [7, 11) is 0. The lowest BCUT2D eigenvalue weighted by Crippen LogP contribution is -2.31. The quantitative estimate of drug-likeness (QED) is 0.254. The zero-order valence-corrected chi connectivity index (χ0v) is 24.4. The molecule has 0 atom stereocenters. The Kier molecular flexibility index (Phi) is 5.99. The second-order valence-corrected chi connectivity index (χ2v) is 12.8. The zero-order chi connectivity index (χ0) is 28.4. The number of phenols is 1. The lowest BCUT2D eigenvalue weighted by atomic mass is 9.73. The van der Waals surface area contributed by atoms with Gasteiger partial charge in [0, 0.05) is 22.6 Å². The summed E-state index contributed by atoms with van der Waals surface area (Å²) in [5.74, 6) is 1.45. The van der Waals surface area contributed by atoms with Crippen molar-refractivity contribution >= 4 is 28.1 Å². The normalized spacial score (nSPS) is 14.3. The number of nitrogens with zero attached hydrogens (tertiary/aromatic N) is 3. The van der Waals surface area contributed by atoms with Crippen LogP contribution in [0.5, 0.6) is 5.75 Å². The molecule has 0 bridgehead atoms. The molecular formula is C36H37N3O. The van der Waals surface area contributed by atoms with Crippen LogP contribution in [0.25, 0.3) is 22.2 Å². The van der Waals surface area contributed by atoms with Crippen LogP contribution in [-0.2, 0) is 10.8 Å². The van der Waals surface area contributed by atoms with E-state index in [2.05, 4.69) is 120 Å². The maximum atomic E-state index is 10.7. The maximum absolute atomic E-state index is 10.7. The highest BCUT2D eigenvalue weighted by molar-refractivity contribution is 5.91. The predicted molar refractivity (Wildman–Crippen MR) is 166 cm³/mol.